The molecule has 0 saturated carbocycles. The number of thiazole rings is 1. The lowest BCUT2D eigenvalue weighted by molar-refractivity contribution is -0.130. The van der Waals surface area contributed by atoms with Gasteiger partial charge in [-0.15, -0.1) is 0 Å². The molecule has 3 rings (SSSR count). The number of aryl methyl sites for hydroxylation is 1. The Hall–Kier alpha value is -3.20. The summed E-state index contributed by atoms with van der Waals surface area (Å²) in [6.45, 7) is 3.92. The average molecular weight is 386 g/mol. The van der Waals surface area contributed by atoms with Crippen LogP contribution in [0.3, 0.4) is 0 Å². The molecule has 0 radical (unpaired) electrons. The zero-order valence-corrected chi connectivity index (χ0v) is 15.9. The molecule has 0 aliphatic carbocycles. The molecule has 0 bridgehead atoms. The molecule has 2 heterocycles. The first-order chi connectivity index (χ1) is 13.0. The summed E-state index contributed by atoms with van der Waals surface area (Å²) >= 11 is 1.52. The summed E-state index contributed by atoms with van der Waals surface area (Å²) in [5.41, 5.74) is 2.76. The normalized spacial score (nSPS) is 12.4. The van der Waals surface area contributed by atoms with Crippen LogP contribution in [0.5, 0.6) is 0 Å². The Morgan fingerprint density at radius 2 is 2.19 bits per heavy atom. The van der Waals surface area contributed by atoms with Crippen molar-refractivity contribution < 1.29 is 19.5 Å². The van der Waals surface area contributed by atoms with Crippen LogP contribution in [0, 0.1) is 6.92 Å². The first kappa shape index (κ1) is 18.6. The molecule has 0 fully saturated rings. The van der Waals surface area contributed by atoms with Gasteiger partial charge in [0, 0.05) is 10.4 Å². The van der Waals surface area contributed by atoms with Crippen molar-refractivity contribution in [3.63, 3.8) is 0 Å². The number of aromatic nitrogens is 3. The van der Waals surface area contributed by atoms with E-state index in [1.165, 1.54) is 31.0 Å². The molecule has 1 aromatic carbocycles. The number of benzene rings is 1. The van der Waals surface area contributed by atoms with Gasteiger partial charge in [0.2, 0.25) is 4.96 Å². The van der Waals surface area contributed by atoms with E-state index in [9.17, 15) is 9.90 Å². The summed E-state index contributed by atoms with van der Waals surface area (Å²) in [4.78, 5) is 23.0. The van der Waals surface area contributed by atoms with Crippen LogP contribution in [0.25, 0.3) is 10.5 Å². The van der Waals surface area contributed by atoms with Crippen molar-refractivity contribution in [2.45, 2.75) is 20.5 Å². The van der Waals surface area contributed by atoms with Crippen molar-refractivity contribution in [2.24, 2.45) is 5.16 Å². The number of carboxylic acids is 1. The van der Waals surface area contributed by atoms with E-state index in [1.54, 1.807) is 22.7 Å². The van der Waals surface area contributed by atoms with Crippen LogP contribution in [0.4, 0.5) is 0 Å². The van der Waals surface area contributed by atoms with Gasteiger partial charge in [0.05, 0.1) is 13.4 Å². The van der Waals surface area contributed by atoms with Gasteiger partial charge in [-0.05, 0) is 19.4 Å². The SMILES string of the molecule is CO/C=C(/C(=O)O)c1ccccc1CO/N=C(/C)c1c(C)sc2ncnn12. The largest absolute Gasteiger partial charge is 0.503 e. The fourth-order valence-corrected chi connectivity index (χ4v) is 3.62. The highest BCUT2D eigenvalue weighted by Crippen LogP contribution is 2.22. The quantitative estimate of drug-likeness (QED) is 0.290. The molecule has 0 saturated heterocycles. The van der Waals surface area contributed by atoms with Crippen LogP contribution >= 0.6 is 11.3 Å². The summed E-state index contributed by atoms with van der Waals surface area (Å²) in [7, 11) is 1.41. The maximum absolute atomic E-state index is 11.5. The Morgan fingerprint density at radius 3 is 2.93 bits per heavy atom. The van der Waals surface area contributed by atoms with Gasteiger partial charge >= 0.3 is 5.97 Å². The molecule has 0 aliphatic rings. The molecule has 8 nitrogen and oxygen atoms in total. The van der Waals surface area contributed by atoms with Gasteiger partial charge in [-0.25, -0.2) is 14.3 Å². The van der Waals surface area contributed by atoms with E-state index in [0.29, 0.717) is 16.8 Å². The number of aliphatic carboxylic acids is 1. The van der Waals surface area contributed by atoms with Crippen LogP contribution in [0.2, 0.25) is 0 Å². The predicted molar refractivity (Wildman–Crippen MR) is 102 cm³/mol. The van der Waals surface area contributed by atoms with E-state index in [0.717, 1.165) is 15.5 Å². The highest BCUT2D eigenvalue weighted by Gasteiger charge is 2.16. The van der Waals surface area contributed by atoms with Crippen LogP contribution in [0.1, 0.15) is 28.6 Å². The summed E-state index contributed by atoms with van der Waals surface area (Å²) < 4.78 is 6.61. The maximum Gasteiger partial charge on any atom is 0.339 e. The smallest absolute Gasteiger partial charge is 0.339 e. The third-order valence-corrected chi connectivity index (χ3v) is 4.80. The number of rotatable bonds is 7. The van der Waals surface area contributed by atoms with E-state index in [2.05, 4.69) is 15.2 Å². The second kappa shape index (κ2) is 8.00. The van der Waals surface area contributed by atoms with Gasteiger partial charge in [-0.1, -0.05) is 40.8 Å². The van der Waals surface area contributed by atoms with Crippen molar-refractivity contribution in [1.82, 2.24) is 14.6 Å². The Labute approximate surface area is 159 Å². The number of ether oxygens (including phenoxy) is 1. The maximum atomic E-state index is 11.5. The Morgan fingerprint density at radius 1 is 1.41 bits per heavy atom. The summed E-state index contributed by atoms with van der Waals surface area (Å²) in [5, 5.41) is 17.8. The molecule has 27 heavy (non-hydrogen) atoms. The van der Waals surface area contributed by atoms with Gasteiger partial charge in [0.1, 0.15) is 29.9 Å². The van der Waals surface area contributed by atoms with E-state index in [-0.39, 0.29) is 12.2 Å². The first-order valence-electron chi connectivity index (χ1n) is 8.03. The third kappa shape index (κ3) is 3.82. The molecule has 0 aliphatic heterocycles. The lowest BCUT2D eigenvalue weighted by Crippen LogP contribution is -2.06. The predicted octanol–water partition coefficient (Wildman–Crippen LogP) is 3.11. The number of methoxy groups -OCH3 is 1. The van der Waals surface area contributed by atoms with Gasteiger partial charge in [-0.2, -0.15) is 5.10 Å². The van der Waals surface area contributed by atoms with E-state index in [4.69, 9.17) is 9.57 Å². The molecule has 3 aromatic rings. The van der Waals surface area contributed by atoms with Gasteiger partial charge < -0.3 is 14.7 Å². The highest BCUT2D eigenvalue weighted by atomic mass is 32.1. The first-order valence-corrected chi connectivity index (χ1v) is 8.85. The fraction of sp³-hybridized carbons (Fsp3) is 0.222. The van der Waals surface area contributed by atoms with Crippen LogP contribution < -0.4 is 0 Å². The molecule has 1 N–H and O–H groups in total. The number of fused-ring (bicyclic) bond motifs is 1. The molecule has 0 atom stereocenters. The van der Waals surface area contributed by atoms with Crippen molar-refractivity contribution in [1.29, 1.82) is 0 Å². The summed E-state index contributed by atoms with van der Waals surface area (Å²) in [6, 6.07) is 7.07. The number of hydrogen-bond donors (Lipinski definition) is 1. The number of oxime groups is 1. The fourth-order valence-electron chi connectivity index (χ4n) is 2.69. The third-order valence-electron chi connectivity index (χ3n) is 3.84. The molecular formula is C18H18N4O4S. The molecule has 0 spiro atoms. The monoisotopic (exact) mass is 386 g/mol. The average Bonchev–Trinajstić information content (AvgIpc) is 3.19. The number of nitrogens with zero attached hydrogens (tertiary/aromatic N) is 4. The standard InChI is InChI=1S/C18H18N4O4S/c1-11(16-12(2)27-18-19-10-20-22(16)18)21-26-8-13-6-4-5-7-14(13)15(9-25-3)17(23)24/h4-7,9-10H,8H2,1-3H3,(H,23,24)/b15-9+,21-11-. The Balaban J connectivity index is 1.82. The molecule has 0 unspecified atom stereocenters. The van der Waals surface area contributed by atoms with Crippen molar-refractivity contribution in [2.75, 3.05) is 7.11 Å². The molecule has 140 valence electrons. The van der Waals surface area contributed by atoms with Gasteiger partial charge in [-0.3, -0.25) is 0 Å². The zero-order valence-electron chi connectivity index (χ0n) is 15.0. The minimum atomic E-state index is -1.08. The second-order valence-corrected chi connectivity index (χ2v) is 6.82. The van der Waals surface area contributed by atoms with Crippen molar-refractivity contribution in [3.8, 4) is 0 Å². The molecule has 9 heteroatoms. The lowest BCUT2D eigenvalue weighted by atomic mass is 10.0. The lowest BCUT2D eigenvalue weighted by Gasteiger charge is -2.09. The minimum Gasteiger partial charge on any atom is -0.503 e. The van der Waals surface area contributed by atoms with Gasteiger partial charge in [0.15, 0.2) is 0 Å². The van der Waals surface area contributed by atoms with Crippen LogP contribution in [-0.2, 0) is 21.0 Å². The number of carbonyl (C=O) groups is 1. The van der Waals surface area contributed by atoms with E-state index >= 15 is 0 Å². The summed E-state index contributed by atoms with van der Waals surface area (Å²) in [6.07, 6.45) is 2.70. The van der Waals surface area contributed by atoms with Gasteiger partial charge in [0.25, 0.3) is 0 Å². The Kier molecular flexibility index (Phi) is 5.51. The molecular weight excluding hydrogens is 368 g/mol. The number of hydrogen-bond acceptors (Lipinski definition) is 7. The topological polar surface area (TPSA) is 98.3 Å². The van der Waals surface area contributed by atoms with E-state index in [1.807, 2.05) is 19.9 Å². The van der Waals surface area contributed by atoms with E-state index < -0.39 is 5.97 Å². The second-order valence-electron chi connectivity index (χ2n) is 5.64. The van der Waals surface area contributed by atoms with Crippen molar-refractivity contribution >= 4 is 33.6 Å². The van der Waals surface area contributed by atoms with Crippen molar-refractivity contribution in [3.05, 3.63) is 58.6 Å². The highest BCUT2D eigenvalue weighted by molar-refractivity contribution is 7.17. The minimum absolute atomic E-state index is 0.0513. The Bertz CT molecular complexity index is 1040. The summed E-state index contributed by atoms with van der Waals surface area (Å²) in [5.74, 6) is -1.08. The molecule has 2 aromatic heterocycles. The zero-order chi connectivity index (χ0) is 19.4. The van der Waals surface area contributed by atoms with Crippen LogP contribution in [0.15, 0.2) is 42.0 Å². The molecule has 0 amide bonds. The van der Waals surface area contributed by atoms with Crippen LogP contribution in [-0.4, -0.2) is 38.5 Å². The number of carboxylic acid groups (broad SMARTS) is 1.